The SMILES string of the molecule is CN(NC(=O)CC(=O)NN(C)C(=S)c1cncs1)C(=S)c1cncs1. The minimum Gasteiger partial charge on any atom is -0.277 e. The molecule has 0 saturated carbocycles. The number of amides is 2. The number of hydrogen-bond acceptors (Lipinski definition) is 8. The van der Waals surface area contributed by atoms with E-state index < -0.39 is 11.8 Å². The molecule has 0 aliphatic heterocycles. The van der Waals surface area contributed by atoms with Gasteiger partial charge in [-0.15, -0.1) is 22.7 Å². The lowest BCUT2D eigenvalue weighted by molar-refractivity contribution is -0.132. The summed E-state index contributed by atoms with van der Waals surface area (Å²) < 4.78 is 0. The highest BCUT2D eigenvalue weighted by Gasteiger charge is 2.17. The summed E-state index contributed by atoms with van der Waals surface area (Å²) in [5, 5.41) is 2.76. The molecular weight excluding hydrogens is 400 g/mol. The topological polar surface area (TPSA) is 90.5 Å². The summed E-state index contributed by atoms with van der Waals surface area (Å²) in [7, 11) is 3.20. The Morgan fingerprint density at radius 1 is 0.960 bits per heavy atom. The number of thiocarbonyl (C=S) groups is 2. The van der Waals surface area contributed by atoms with Gasteiger partial charge >= 0.3 is 0 Å². The van der Waals surface area contributed by atoms with E-state index in [0.29, 0.717) is 9.98 Å². The summed E-state index contributed by atoms with van der Waals surface area (Å²) in [5.41, 5.74) is 8.37. The molecule has 132 valence electrons. The van der Waals surface area contributed by atoms with Gasteiger partial charge in [0, 0.05) is 26.5 Å². The molecule has 0 fully saturated rings. The van der Waals surface area contributed by atoms with Gasteiger partial charge in [-0.05, 0) is 0 Å². The summed E-state index contributed by atoms with van der Waals surface area (Å²) in [5.74, 6) is -0.993. The van der Waals surface area contributed by atoms with Crippen LogP contribution in [-0.4, -0.2) is 55.9 Å². The highest BCUT2D eigenvalue weighted by molar-refractivity contribution is 7.81. The minimum absolute atomic E-state index is 0.370. The molecule has 12 heteroatoms. The Bertz CT molecular complexity index is 697. The van der Waals surface area contributed by atoms with Crippen LogP contribution in [0.2, 0.25) is 0 Å². The van der Waals surface area contributed by atoms with Gasteiger partial charge < -0.3 is 0 Å². The molecular formula is C13H14N6O2S4. The van der Waals surface area contributed by atoms with Crippen LogP contribution in [0.25, 0.3) is 0 Å². The third-order valence-corrected chi connectivity index (χ3v) is 5.61. The van der Waals surface area contributed by atoms with Gasteiger partial charge in [0.25, 0.3) is 0 Å². The molecule has 0 atom stereocenters. The molecule has 2 amide bonds. The molecule has 2 aromatic rings. The maximum absolute atomic E-state index is 12.0. The number of thiazole rings is 2. The molecule has 0 radical (unpaired) electrons. The predicted molar refractivity (Wildman–Crippen MR) is 104 cm³/mol. The number of nitrogens with zero attached hydrogens (tertiary/aromatic N) is 4. The fourth-order valence-electron chi connectivity index (χ4n) is 1.67. The fourth-order valence-corrected chi connectivity index (χ4v) is 3.35. The first-order valence-corrected chi connectivity index (χ1v) is 9.38. The number of carbonyl (C=O) groups excluding carboxylic acids is 2. The maximum Gasteiger partial charge on any atom is 0.248 e. The molecule has 0 unspecified atom stereocenters. The number of hydrazine groups is 2. The summed E-state index contributed by atoms with van der Waals surface area (Å²) in [6.45, 7) is 0. The highest BCUT2D eigenvalue weighted by atomic mass is 32.1. The van der Waals surface area contributed by atoms with Gasteiger partial charge in [-0.3, -0.25) is 40.4 Å². The molecule has 0 aliphatic carbocycles. The first kappa shape index (κ1) is 19.3. The Balaban J connectivity index is 1.80. The van der Waals surface area contributed by atoms with E-state index in [2.05, 4.69) is 20.8 Å². The third-order valence-electron chi connectivity index (χ3n) is 2.80. The van der Waals surface area contributed by atoms with Crippen molar-refractivity contribution in [3.05, 3.63) is 33.2 Å². The van der Waals surface area contributed by atoms with Crippen molar-refractivity contribution in [3.63, 3.8) is 0 Å². The van der Waals surface area contributed by atoms with Crippen LogP contribution < -0.4 is 10.9 Å². The number of carbonyl (C=O) groups is 2. The summed E-state index contributed by atoms with van der Waals surface area (Å²) in [4.78, 5) is 34.1. The van der Waals surface area contributed by atoms with E-state index in [9.17, 15) is 9.59 Å². The molecule has 0 aromatic carbocycles. The van der Waals surface area contributed by atoms with Gasteiger partial charge in [-0.2, -0.15) is 0 Å². The third kappa shape index (κ3) is 5.49. The Morgan fingerprint density at radius 3 is 1.68 bits per heavy atom. The Labute approximate surface area is 162 Å². The standard InChI is InChI=1S/C13H14N6O2S4/c1-18(12(22)8-4-14-6-24-8)16-10(20)3-11(21)17-19(2)13(23)9-5-15-7-25-9/h4-7H,3H2,1-2H3,(H,16,20)(H,17,21). The lowest BCUT2D eigenvalue weighted by Gasteiger charge is -2.21. The van der Waals surface area contributed by atoms with Gasteiger partial charge in [0.15, 0.2) is 0 Å². The second-order valence-electron chi connectivity index (χ2n) is 4.71. The van der Waals surface area contributed by atoms with E-state index in [1.165, 1.54) is 32.7 Å². The van der Waals surface area contributed by atoms with Crippen molar-refractivity contribution in [2.45, 2.75) is 6.42 Å². The van der Waals surface area contributed by atoms with Crippen LogP contribution in [0.15, 0.2) is 23.4 Å². The Morgan fingerprint density at radius 2 is 1.36 bits per heavy atom. The fraction of sp³-hybridized carbons (Fsp3) is 0.231. The zero-order chi connectivity index (χ0) is 18.4. The van der Waals surface area contributed by atoms with Crippen molar-refractivity contribution in [3.8, 4) is 0 Å². The second-order valence-corrected chi connectivity index (χ2v) is 7.25. The Hall–Kier alpha value is -2.02. The van der Waals surface area contributed by atoms with Crippen LogP contribution in [0, 0.1) is 0 Å². The van der Waals surface area contributed by atoms with Crippen molar-refractivity contribution in [2.75, 3.05) is 14.1 Å². The molecule has 2 aromatic heterocycles. The molecule has 0 saturated heterocycles. The summed E-state index contributed by atoms with van der Waals surface area (Å²) in [6.07, 6.45) is 2.85. The quantitative estimate of drug-likeness (QED) is 0.435. The summed E-state index contributed by atoms with van der Waals surface area (Å²) in [6, 6.07) is 0. The molecule has 0 aliphatic rings. The molecule has 0 bridgehead atoms. The minimum atomic E-state index is -0.496. The van der Waals surface area contributed by atoms with Gasteiger partial charge in [-0.1, -0.05) is 24.4 Å². The lowest BCUT2D eigenvalue weighted by atomic mass is 10.4. The van der Waals surface area contributed by atoms with E-state index in [1.54, 1.807) is 37.5 Å². The number of nitrogens with one attached hydrogen (secondary N) is 2. The number of aromatic nitrogens is 2. The maximum atomic E-state index is 12.0. The van der Waals surface area contributed by atoms with E-state index in [0.717, 1.165) is 9.75 Å². The zero-order valence-electron chi connectivity index (χ0n) is 13.3. The molecule has 0 spiro atoms. The molecule has 2 rings (SSSR count). The van der Waals surface area contributed by atoms with Crippen molar-refractivity contribution in [1.82, 2.24) is 30.8 Å². The van der Waals surface area contributed by atoms with Gasteiger partial charge in [0.2, 0.25) is 11.8 Å². The number of hydrogen-bond donors (Lipinski definition) is 2. The van der Waals surface area contributed by atoms with E-state index in [1.807, 2.05) is 0 Å². The van der Waals surface area contributed by atoms with Crippen molar-refractivity contribution >= 4 is 68.9 Å². The van der Waals surface area contributed by atoms with Crippen LogP contribution in [0.3, 0.4) is 0 Å². The highest BCUT2D eigenvalue weighted by Crippen LogP contribution is 2.09. The monoisotopic (exact) mass is 414 g/mol. The van der Waals surface area contributed by atoms with Gasteiger partial charge in [-0.25, -0.2) is 0 Å². The predicted octanol–water partition coefficient (Wildman–Crippen LogP) is 0.967. The first-order valence-electron chi connectivity index (χ1n) is 6.80. The van der Waals surface area contributed by atoms with E-state index >= 15 is 0 Å². The second kappa shape index (κ2) is 8.89. The van der Waals surface area contributed by atoms with E-state index in [-0.39, 0.29) is 6.42 Å². The van der Waals surface area contributed by atoms with Crippen molar-refractivity contribution in [2.24, 2.45) is 0 Å². The molecule has 8 nitrogen and oxygen atoms in total. The van der Waals surface area contributed by atoms with Crippen LogP contribution >= 0.6 is 47.1 Å². The average Bonchev–Trinajstić information content (AvgIpc) is 3.26. The first-order chi connectivity index (χ1) is 11.9. The summed E-state index contributed by atoms with van der Waals surface area (Å²) >= 11 is 13.2. The lowest BCUT2D eigenvalue weighted by Crippen LogP contribution is -2.47. The van der Waals surface area contributed by atoms with E-state index in [4.69, 9.17) is 24.4 Å². The van der Waals surface area contributed by atoms with Crippen LogP contribution in [-0.2, 0) is 9.59 Å². The van der Waals surface area contributed by atoms with Gasteiger partial charge in [0.05, 0.1) is 20.8 Å². The smallest absolute Gasteiger partial charge is 0.248 e. The Kier molecular flexibility index (Phi) is 6.87. The molecule has 2 heterocycles. The van der Waals surface area contributed by atoms with Crippen LogP contribution in [0.4, 0.5) is 0 Å². The van der Waals surface area contributed by atoms with Crippen molar-refractivity contribution in [1.29, 1.82) is 0 Å². The van der Waals surface area contributed by atoms with Crippen LogP contribution in [0.1, 0.15) is 16.2 Å². The largest absolute Gasteiger partial charge is 0.277 e. The average molecular weight is 415 g/mol. The van der Waals surface area contributed by atoms with Crippen molar-refractivity contribution < 1.29 is 9.59 Å². The van der Waals surface area contributed by atoms with Gasteiger partial charge in [0.1, 0.15) is 16.4 Å². The molecule has 25 heavy (non-hydrogen) atoms. The van der Waals surface area contributed by atoms with Crippen LogP contribution in [0.5, 0.6) is 0 Å². The zero-order valence-corrected chi connectivity index (χ0v) is 16.5. The normalized spacial score (nSPS) is 10.0. The number of rotatable bonds is 4. The molecule has 2 N–H and O–H groups in total.